The lowest BCUT2D eigenvalue weighted by atomic mass is 10.5. The highest BCUT2D eigenvalue weighted by molar-refractivity contribution is 6.41. The van der Waals surface area contributed by atoms with Crippen LogP contribution in [0.1, 0.15) is 0 Å². The number of hydrogen-bond donors (Lipinski definition) is 0. The van der Waals surface area contributed by atoms with Crippen LogP contribution in [0.4, 0.5) is 0 Å². The molecule has 1 aromatic rings. The molecule has 0 amide bonds. The van der Waals surface area contributed by atoms with Gasteiger partial charge in [-0.3, -0.25) is 4.79 Å². The van der Waals surface area contributed by atoms with Crippen molar-refractivity contribution in [2.24, 2.45) is 0 Å². The van der Waals surface area contributed by atoms with Crippen LogP contribution < -0.4 is 5.56 Å². The molecular weight excluding hydrogens is 270 g/mol. The standard InChI is InChI=1S/C7H4Cl4N2O/c8-1-4(9)3-13-7(14)6(11)5(10)2-12-13/h1-2H,3H2/b4-1+. The van der Waals surface area contributed by atoms with Gasteiger partial charge in [0.05, 0.1) is 22.8 Å². The van der Waals surface area contributed by atoms with Crippen molar-refractivity contribution in [1.82, 2.24) is 9.78 Å². The first-order valence-electron chi connectivity index (χ1n) is 3.42. The summed E-state index contributed by atoms with van der Waals surface area (Å²) in [6, 6.07) is 0. The molecule has 0 bridgehead atoms. The fraction of sp³-hybridized carbons (Fsp3) is 0.143. The van der Waals surface area contributed by atoms with Crippen LogP contribution in [-0.2, 0) is 6.54 Å². The fourth-order valence-electron chi connectivity index (χ4n) is 0.735. The van der Waals surface area contributed by atoms with E-state index in [9.17, 15) is 4.79 Å². The zero-order valence-corrected chi connectivity index (χ0v) is 9.70. The number of aromatic nitrogens is 2. The Bertz CT molecular complexity index is 426. The third-order valence-corrected chi connectivity index (χ3v) is 2.71. The van der Waals surface area contributed by atoms with Crippen LogP contribution in [0.5, 0.6) is 0 Å². The second kappa shape index (κ2) is 5.03. The number of halogens is 4. The molecule has 0 spiro atoms. The third kappa shape index (κ3) is 2.64. The summed E-state index contributed by atoms with van der Waals surface area (Å²) in [6.45, 7) is 0.0702. The van der Waals surface area contributed by atoms with E-state index in [2.05, 4.69) is 5.10 Å². The quantitative estimate of drug-likeness (QED) is 0.831. The molecule has 76 valence electrons. The molecule has 14 heavy (non-hydrogen) atoms. The molecule has 0 atom stereocenters. The molecule has 1 rings (SSSR count). The van der Waals surface area contributed by atoms with Crippen LogP contribution in [0, 0.1) is 0 Å². The lowest BCUT2D eigenvalue weighted by Crippen LogP contribution is -2.23. The molecule has 0 aromatic carbocycles. The van der Waals surface area contributed by atoms with Crippen molar-refractivity contribution in [3.63, 3.8) is 0 Å². The monoisotopic (exact) mass is 272 g/mol. The molecule has 1 heterocycles. The number of hydrogen-bond acceptors (Lipinski definition) is 2. The average Bonchev–Trinajstić information content (AvgIpc) is 2.19. The first-order chi connectivity index (χ1) is 6.56. The Balaban J connectivity index is 3.13. The van der Waals surface area contributed by atoms with Crippen molar-refractivity contribution in [3.05, 3.63) is 37.2 Å². The van der Waals surface area contributed by atoms with Gasteiger partial charge in [-0.25, -0.2) is 4.68 Å². The summed E-state index contributed by atoms with van der Waals surface area (Å²) in [4.78, 5) is 11.4. The summed E-state index contributed by atoms with van der Waals surface area (Å²) in [7, 11) is 0. The molecule has 0 N–H and O–H groups in total. The van der Waals surface area contributed by atoms with Gasteiger partial charge in [0.25, 0.3) is 5.56 Å². The molecule has 0 fully saturated rings. The molecule has 0 aliphatic rings. The minimum Gasteiger partial charge on any atom is -0.266 e. The van der Waals surface area contributed by atoms with E-state index in [1.807, 2.05) is 0 Å². The van der Waals surface area contributed by atoms with Crippen LogP contribution in [-0.4, -0.2) is 9.78 Å². The highest BCUT2D eigenvalue weighted by Crippen LogP contribution is 2.15. The molecule has 0 unspecified atom stereocenters. The summed E-state index contributed by atoms with van der Waals surface area (Å²) >= 11 is 22.1. The van der Waals surface area contributed by atoms with E-state index in [-0.39, 0.29) is 21.6 Å². The van der Waals surface area contributed by atoms with Gasteiger partial charge >= 0.3 is 0 Å². The van der Waals surface area contributed by atoms with Gasteiger partial charge < -0.3 is 0 Å². The topological polar surface area (TPSA) is 34.9 Å². The highest BCUT2D eigenvalue weighted by Gasteiger charge is 2.07. The Labute approximate surface area is 99.8 Å². The molecule has 0 saturated heterocycles. The van der Waals surface area contributed by atoms with Crippen molar-refractivity contribution in [2.45, 2.75) is 6.54 Å². The largest absolute Gasteiger partial charge is 0.287 e. The predicted molar refractivity (Wildman–Crippen MR) is 58.3 cm³/mol. The van der Waals surface area contributed by atoms with E-state index in [0.29, 0.717) is 0 Å². The highest BCUT2D eigenvalue weighted by atomic mass is 35.5. The maximum atomic E-state index is 11.4. The van der Waals surface area contributed by atoms with E-state index >= 15 is 0 Å². The van der Waals surface area contributed by atoms with Gasteiger partial charge in [-0.2, -0.15) is 5.10 Å². The molecule has 0 radical (unpaired) electrons. The minimum atomic E-state index is -0.504. The maximum Gasteiger partial charge on any atom is 0.287 e. The maximum absolute atomic E-state index is 11.4. The van der Waals surface area contributed by atoms with Crippen molar-refractivity contribution in [1.29, 1.82) is 0 Å². The fourth-order valence-corrected chi connectivity index (χ4v) is 1.19. The smallest absolute Gasteiger partial charge is 0.266 e. The lowest BCUT2D eigenvalue weighted by Gasteiger charge is -2.03. The van der Waals surface area contributed by atoms with Crippen LogP contribution >= 0.6 is 46.4 Å². The Kier molecular flexibility index (Phi) is 4.26. The Morgan fingerprint density at radius 3 is 2.79 bits per heavy atom. The Hall–Kier alpha value is -0.220. The van der Waals surface area contributed by atoms with Gasteiger partial charge in [0.15, 0.2) is 0 Å². The van der Waals surface area contributed by atoms with E-state index in [0.717, 1.165) is 10.2 Å². The molecule has 1 aromatic heterocycles. The summed E-state index contributed by atoms with van der Waals surface area (Å²) in [5, 5.41) is 4.04. The van der Waals surface area contributed by atoms with Gasteiger partial charge in [-0.05, 0) is 0 Å². The summed E-state index contributed by atoms with van der Waals surface area (Å²) in [5.74, 6) is 0. The molecule has 0 aliphatic heterocycles. The van der Waals surface area contributed by atoms with Crippen LogP contribution in [0.2, 0.25) is 10.0 Å². The van der Waals surface area contributed by atoms with Crippen molar-refractivity contribution in [2.75, 3.05) is 0 Å². The number of allylic oxidation sites excluding steroid dienone is 1. The molecule has 7 heteroatoms. The van der Waals surface area contributed by atoms with Gasteiger partial charge in [0.2, 0.25) is 0 Å². The second-order valence-corrected chi connectivity index (χ2v) is 3.81. The van der Waals surface area contributed by atoms with Crippen LogP contribution in [0.3, 0.4) is 0 Å². The van der Waals surface area contributed by atoms with E-state index in [1.54, 1.807) is 0 Å². The van der Waals surface area contributed by atoms with Gasteiger partial charge in [-0.1, -0.05) is 46.4 Å². The summed E-state index contributed by atoms with van der Waals surface area (Å²) in [6.07, 6.45) is 1.27. The summed E-state index contributed by atoms with van der Waals surface area (Å²) < 4.78 is 1.06. The van der Waals surface area contributed by atoms with Gasteiger partial charge in [0.1, 0.15) is 5.02 Å². The zero-order valence-electron chi connectivity index (χ0n) is 6.68. The number of nitrogens with zero attached hydrogens (tertiary/aromatic N) is 2. The van der Waals surface area contributed by atoms with Crippen LogP contribution in [0.25, 0.3) is 0 Å². The average molecular weight is 274 g/mol. The first-order valence-corrected chi connectivity index (χ1v) is 4.99. The lowest BCUT2D eigenvalue weighted by molar-refractivity contribution is 0.646. The van der Waals surface area contributed by atoms with E-state index in [4.69, 9.17) is 46.4 Å². The van der Waals surface area contributed by atoms with Crippen molar-refractivity contribution >= 4 is 46.4 Å². The summed E-state index contributed by atoms with van der Waals surface area (Å²) in [5.41, 5.74) is 0.647. The Morgan fingerprint density at radius 1 is 1.57 bits per heavy atom. The van der Waals surface area contributed by atoms with E-state index < -0.39 is 5.56 Å². The second-order valence-electron chi connectivity index (χ2n) is 2.33. The number of rotatable bonds is 2. The van der Waals surface area contributed by atoms with E-state index in [1.165, 1.54) is 6.20 Å². The normalized spacial score (nSPS) is 11.9. The Morgan fingerprint density at radius 2 is 2.21 bits per heavy atom. The molecule has 3 nitrogen and oxygen atoms in total. The third-order valence-electron chi connectivity index (χ3n) is 1.36. The van der Waals surface area contributed by atoms with Gasteiger partial charge in [0, 0.05) is 5.54 Å². The van der Waals surface area contributed by atoms with Crippen molar-refractivity contribution in [3.8, 4) is 0 Å². The molecule has 0 aliphatic carbocycles. The van der Waals surface area contributed by atoms with Crippen LogP contribution in [0.15, 0.2) is 21.6 Å². The molecular formula is C7H4Cl4N2O. The van der Waals surface area contributed by atoms with Gasteiger partial charge in [-0.15, -0.1) is 0 Å². The zero-order chi connectivity index (χ0) is 10.7. The predicted octanol–water partition coefficient (Wildman–Crippen LogP) is 2.87. The SMILES string of the molecule is O=c1c(Cl)c(Cl)cnn1C/C(Cl)=C\Cl. The van der Waals surface area contributed by atoms with Crippen molar-refractivity contribution < 1.29 is 0 Å². The first kappa shape index (κ1) is 11.9. The minimum absolute atomic E-state index is 0.0702. The molecule has 0 saturated carbocycles.